The van der Waals surface area contributed by atoms with Crippen LogP contribution < -0.4 is 9.47 Å². The number of halogens is 1. The lowest BCUT2D eigenvalue weighted by molar-refractivity contribution is 0.174. The number of hydrogen-bond donors (Lipinski definition) is 0. The van der Waals surface area contributed by atoms with Crippen molar-refractivity contribution in [1.82, 2.24) is 20.0 Å². The molecule has 0 spiro atoms. The zero-order chi connectivity index (χ0) is 21.5. The largest absolute Gasteiger partial charge is 0.454 e. The lowest BCUT2D eigenvalue weighted by Gasteiger charge is -2.23. The molecule has 1 atom stereocenters. The number of aryl methyl sites for hydroxylation is 1. The third-order valence-electron chi connectivity index (χ3n) is 5.49. The SMILES string of the molecule is Cc1noc([C@H](C)N(C)Cc2cc3cc4c(cc3nc2-c2ccc(F)cc2)OCO4)n1. The summed E-state index contributed by atoms with van der Waals surface area (Å²) in [5, 5.41) is 4.83. The number of pyridine rings is 1. The van der Waals surface area contributed by atoms with E-state index in [-0.39, 0.29) is 18.7 Å². The summed E-state index contributed by atoms with van der Waals surface area (Å²) in [5.74, 6) is 2.26. The van der Waals surface area contributed by atoms with Crippen molar-refractivity contribution in [1.29, 1.82) is 0 Å². The van der Waals surface area contributed by atoms with Crippen molar-refractivity contribution in [2.75, 3.05) is 13.8 Å². The lowest BCUT2D eigenvalue weighted by atomic mass is 10.0. The van der Waals surface area contributed by atoms with E-state index in [1.54, 1.807) is 19.1 Å². The zero-order valence-corrected chi connectivity index (χ0v) is 17.4. The van der Waals surface area contributed by atoms with Gasteiger partial charge in [-0.2, -0.15) is 4.98 Å². The van der Waals surface area contributed by atoms with Gasteiger partial charge >= 0.3 is 0 Å². The summed E-state index contributed by atoms with van der Waals surface area (Å²) >= 11 is 0. The minimum absolute atomic E-state index is 0.0882. The van der Waals surface area contributed by atoms with E-state index >= 15 is 0 Å². The average Bonchev–Trinajstić information content (AvgIpc) is 3.40. The fraction of sp³-hybridized carbons (Fsp3) is 0.261. The molecule has 31 heavy (non-hydrogen) atoms. The van der Waals surface area contributed by atoms with Crippen LogP contribution in [-0.2, 0) is 6.54 Å². The molecule has 5 rings (SSSR count). The van der Waals surface area contributed by atoms with Crippen molar-refractivity contribution in [3.05, 3.63) is 65.6 Å². The van der Waals surface area contributed by atoms with E-state index < -0.39 is 0 Å². The van der Waals surface area contributed by atoms with Crippen molar-refractivity contribution < 1.29 is 18.4 Å². The van der Waals surface area contributed by atoms with Gasteiger partial charge in [0.15, 0.2) is 17.3 Å². The Hall–Kier alpha value is -3.52. The molecule has 0 N–H and O–H groups in total. The Kier molecular flexibility index (Phi) is 4.78. The fourth-order valence-corrected chi connectivity index (χ4v) is 3.66. The van der Waals surface area contributed by atoms with Crippen LogP contribution in [0.25, 0.3) is 22.2 Å². The first-order valence-electron chi connectivity index (χ1n) is 9.97. The van der Waals surface area contributed by atoms with Crippen LogP contribution in [0.3, 0.4) is 0 Å². The molecule has 0 bridgehead atoms. The molecule has 0 saturated carbocycles. The molecule has 2 aromatic carbocycles. The maximum absolute atomic E-state index is 13.5. The summed E-state index contributed by atoms with van der Waals surface area (Å²) in [6.07, 6.45) is 0. The molecule has 0 radical (unpaired) electrons. The van der Waals surface area contributed by atoms with Gasteiger partial charge in [-0.25, -0.2) is 9.37 Å². The molecule has 2 aromatic heterocycles. The maximum atomic E-state index is 13.5. The minimum Gasteiger partial charge on any atom is -0.454 e. The highest BCUT2D eigenvalue weighted by atomic mass is 19.1. The monoisotopic (exact) mass is 420 g/mol. The first-order chi connectivity index (χ1) is 15.0. The molecule has 0 amide bonds. The van der Waals surface area contributed by atoms with E-state index in [2.05, 4.69) is 21.1 Å². The van der Waals surface area contributed by atoms with Crippen LogP contribution >= 0.6 is 0 Å². The molecule has 1 aliphatic heterocycles. The topological polar surface area (TPSA) is 73.5 Å². The maximum Gasteiger partial charge on any atom is 0.243 e. The molecule has 8 heteroatoms. The first kappa shape index (κ1) is 19.4. The predicted molar refractivity (Wildman–Crippen MR) is 112 cm³/mol. The number of hydrogen-bond acceptors (Lipinski definition) is 7. The number of rotatable bonds is 5. The molecule has 7 nitrogen and oxygen atoms in total. The standard InChI is InChI=1S/C23H21FN4O3/c1-13(23-25-14(2)27-31-23)28(3)11-17-8-16-9-20-21(30-12-29-20)10-19(16)26-22(17)15-4-6-18(24)7-5-15/h4-10,13H,11-12H2,1-3H3/t13-/m0/s1. The van der Waals surface area contributed by atoms with Gasteiger partial charge < -0.3 is 14.0 Å². The molecule has 158 valence electrons. The average molecular weight is 420 g/mol. The fourth-order valence-electron chi connectivity index (χ4n) is 3.66. The first-order valence-corrected chi connectivity index (χ1v) is 9.97. The van der Waals surface area contributed by atoms with E-state index in [1.807, 2.05) is 26.1 Å². The second-order valence-electron chi connectivity index (χ2n) is 7.67. The number of ether oxygens (including phenoxy) is 2. The summed E-state index contributed by atoms with van der Waals surface area (Å²) in [6, 6.07) is 12.2. The smallest absolute Gasteiger partial charge is 0.243 e. The summed E-state index contributed by atoms with van der Waals surface area (Å²) < 4.78 is 29.9. The molecule has 4 aromatic rings. The van der Waals surface area contributed by atoms with Crippen LogP contribution in [0, 0.1) is 12.7 Å². The van der Waals surface area contributed by atoms with Gasteiger partial charge in [0.1, 0.15) is 5.82 Å². The Bertz CT molecular complexity index is 1260. The van der Waals surface area contributed by atoms with Crippen LogP contribution in [-0.4, -0.2) is 33.9 Å². The highest BCUT2D eigenvalue weighted by Gasteiger charge is 2.21. The van der Waals surface area contributed by atoms with E-state index in [4.69, 9.17) is 19.0 Å². The molecular formula is C23H21FN4O3. The molecule has 0 aliphatic carbocycles. The van der Waals surface area contributed by atoms with Crippen molar-refractivity contribution >= 4 is 10.9 Å². The zero-order valence-electron chi connectivity index (χ0n) is 17.4. The highest BCUT2D eigenvalue weighted by molar-refractivity contribution is 5.86. The Morgan fingerprint density at radius 1 is 1.06 bits per heavy atom. The van der Waals surface area contributed by atoms with Gasteiger partial charge in [0.25, 0.3) is 0 Å². The van der Waals surface area contributed by atoms with Gasteiger partial charge in [0, 0.05) is 23.6 Å². The predicted octanol–water partition coefficient (Wildman–Crippen LogP) is 4.65. The molecule has 1 aliphatic rings. The molecule has 0 unspecified atom stereocenters. The summed E-state index contributed by atoms with van der Waals surface area (Å²) in [5.41, 5.74) is 3.40. The lowest BCUT2D eigenvalue weighted by Crippen LogP contribution is -2.22. The number of aromatic nitrogens is 3. The Balaban J connectivity index is 1.57. The number of nitrogens with zero attached hydrogens (tertiary/aromatic N) is 4. The van der Waals surface area contributed by atoms with Crippen LogP contribution in [0.2, 0.25) is 0 Å². The van der Waals surface area contributed by atoms with Crippen LogP contribution in [0.1, 0.15) is 30.2 Å². The summed E-state index contributed by atoms with van der Waals surface area (Å²) in [4.78, 5) is 11.4. The Labute approximate surface area is 178 Å². The summed E-state index contributed by atoms with van der Waals surface area (Å²) in [6.45, 7) is 4.58. The second kappa shape index (κ2) is 7.63. The van der Waals surface area contributed by atoms with Crippen LogP contribution in [0.4, 0.5) is 4.39 Å². The number of benzene rings is 2. The molecule has 0 saturated heterocycles. The van der Waals surface area contributed by atoms with Crippen LogP contribution in [0.15, 0.2) is 47.0 Å². The van der Waals surface area contributed by atoms with E-state index in [1.165, 1.54) is 12.1 Å². The third kappa shape index (κ3) is 3.70. The quantitative estimate of drug-likeness (QED) is 0.465. The molecular weight excluding hydrogens is 399 g/mol. The minimum atomic E-state index is -0.285. The van der Waals surface area contributed by atoms with Crippen molar-refractivity contribution in [3.8, 4) is 22.8 Å². The van der Waals surface area contributed by atoms with E-state index in [0.29, 0.717) is 29.8 Å². The van der Waals surface area contributed by atoms with Crippen molar-refractivity contribution in [2.24, 2.45) is 0 Å². The molecule has 3 heterocycles. The van der Waals surface area contributed by atoms with Gasteiger partial charge in [-0.1, -0.05) is 5.16 Å². The van der Waals surface area contributed by atoms with E-state index in [9.17, 15) is 4.39 Å². The third-order valence-corrected chi connectivity index (χ3v) is 5.49. The van der Waals surface area contributed by atoms with Crippen LogP contribution in [0.5, 0.6) is 11.5 Å². The van der Waals surface area contributed by atoms with Gasteiger partial charge in [-0.15, -0.1) is 0 Å². The normalized spacial score (nSPS) is 13.8. The van der Waals surface area contributed by atoms with Crippen molar-refractivity contribution in [3.63, 3.8) is 0 Å². The molecule has 0 fully saturated rings. The number of fused-ring (bicyclic) bond motifs is 2. The van der Waals surface area contributed by atoms with Crippen molar-refractivity contribution in [2.45, 2.75) is 26.4 Å². The van der Waals surface area contributed by atoms with E-state index in [0.717, 1.165) is 27.7 Å². The summed E-state index contributed by atoms with van der Waals surface area (Å²) in [7, 11) is 1.99. The Morgan fingerprint density at radius 2 is 1.81 bits per heavy atom. The van der Waals surface area contributed by atoms with Gasteiger partial charge in [0.05, 0.1) is 17.3 Å². The Morgan fingerprint density at radius 3 is 2.52 bits per heavy atom. The second-order valence-corrected chi connectivity index (χ2v) is 7.67. The van der Waals surface area contributed by atoms with Gasteiger partial charge in [0.2, 0.25) is 12.7 Å². The van der Waals surface area contributed by atoms with Gasteiger partial charge in [-0.05, 0) is 62.9 Å². The van der Waals surface area contributed by atoms with Gasteiger partial charge in [-0.3, -0.25) is 4.90 Å². The highest BCUT2D eigenvalue weighted by Crippen LogP contribution is 2.37.